The van der Waals surface area contributed by atoms with Gasteiger partial charge in [-0.1, -0.05) is 12.1 Å². The molecule has 0 atom stereocenters. The summed E-state index contributed by atoms with van der Waals surface area (Å²) >= 11 is 0. The molecule has 8 nitrogen and oxygen atoms in total. The molecule has 0 aliphatic carbocycles. The van der Waals surface area contributed by atoms with E-state index in [2.05, 4.69) is 15.3 Å². The summed E-state index contributed by atoms with van der Waals surface area (Å²) in [5.41, 5.74) is 2.55. The molecule has 0 fully saturated rings. The maximum atomic E-state index is 12.2. The topological polar surface area (TPSA) is 91.1 Å². The number of halogens is 3. The second-order valence-electron chi connectivity index (χ2n) is 6.80. The van der Waals surface area contributed by atoms with Crippen LogP contribution in [0.2, 0.25) is 0 Å². The molecule has 0 saturated carbocycles. The molecule has 2 aromatic heterocycles. The Morgan fingerprint density at radius 2 is 2.00 bits per heavy atom. The van der Waals surface area contributed by atoms with E-state index in [1.54, 1.807) is 77.5 Å². The molecule has 11 heteroatoms. The molecule has 0 aliphatic rings. The Morgan fingerprint density at radius 1 is 1.23 bits per heavy atom. The fourth-order valence-electron chi connectivity index (χ4n) is 2.68. The number of carbonyl (C=O) groups is 2. The van der Waals surface area contributed by atoms with Crippen LogP contribution >= 0.6 is 0 Å². The number of benzene rings is 1. The number of alkyl halides is 3. The third-order valence-electron chi connectivity index (χ3n) is 4.03. The highest BCUT2D eigenvalue weighted by Crippen LogP contribution is 2.24. The summed E-state index contributed by atoms with van der Waals surface area (Å²) in [6.45, 7) is -1.43. The fourth-order valence-corrected chi connectivity index (χ4v) is 2.68. The van der Waals surface area contributed by atoms with Crippen molar-refractivity contribution in [2.75, 3.05) is 26.0 Å². The van der Waals surface area contributed by atoms with Gasteiger partial charge in [0.1, 0.15) is 12.2 Å². The maximum absolute atomic E-state index is 12.2. The molecule has 0 saturated heterocycles. The summed E-state index contributed by atoms with van der Waals surface area (Å²) in [7, 11) is 3.51. The van der Waals surface area contributed by atoms with Gasteiger partial charge in [0.25, 0.3) is 5.91 Å². The Balaban J connectivity index is 1.80. The molecule has 0 aliphatic heterocycles. The normalized spacial score (nSPS) is 11.6. The van der Waals surface area contributed by atoms with Gasteiger partial charge in [0, 0.05) is 37.1 Å². The van der Waals surface area contributed by atoms with Crippen LogP contribution in [0.5, 0.6) is 0 Å². The molecule has 0 radical (unpaired) electrons. The van der Waals surface area contributed by atoms with Crippen LogP contribution in [0.3, 0.4) is 0 Å². The van der Waals surface area contributed by atoms with Gasteiger partial charge in [-0.05, 0) is 24.3 Å². The number of nitrogens with one attached hydrogen (secondary N) is 2. The number of aromatic nitrogens is 2. The van der Waals surface area contributed by atoms with Gasteiger partial charge in [0.05, 0.1) is 18.2 Å². The summed E-state index contributed by atoms with van der Waals surface area (Å²) in [4.78, 5) is 33.6. The van der Waals surface area contributed by atoms with Crippen molar-refractivity contribution in [1.29, 1.82) is 0 Å². The van der Waals surface area contributed by atoms with Gasteiger partial charge in [-0.2, -0.15) is 18.2 Å². The quantitative estimate of drug-likeness (QED) is 0.478. The zero-order valence-electron chi connectivity index (χ0n) is 16.6. The molecule has 3 rings (SSSR count). The molecule has 0 spiro atoms. The van der Waals surface area contributed by atoms with Crippen LogP contribution < -0.4 is 10.6 Å². The Morgan fingerprint density at radius 3 is 2.71 bits per heavy atom. The number of amides is 3. The van der Waals surface area contributed by atoms with Gasteiger partial charge in [-0.3, -0.25) is 9.20 Å². The van der Waals surface area contributed by atoms with Crippen molar-refractivity contribution in [3.63, 3.8) is 0 Å². The predicted octanol–water partition coefficient (Wildman–Crippen LogP) is 3.42. The summed E-state index contributed by atoms with van der Waals surface area (Å²) in [5, 5.41) is 4.12. The lowest BCUT2D eigenvalue weighted by Crippen LogP contribution is -2.36. The minimum Gasteiger partial charge on any atom is -0.369 e. The zero-order valence-corrected chi connectivity index (χ0v) is 16.6. The molecule has 2 N–H and O–H groups in total. The number of anilines is 1. The number of hydrogen-bond donors (Lipinski definition) is 2. The number of hydrogen-bond acceptors (Lipinski definition) is 3. The predicted molar refractivity (Wildman–Crippen MR) is 110 cm³/mol. The van der Waals surface area contributed by atoms with E-state index in [0.717, 1.165) is 0 Å². The Kier molecular flexibility index (Phi) is 6.23. The average molecular weight is 432 g/mol. The monoisotopic (exact) mass is 432 g/mol. The molecule has 31 heavy (non-hydrogen) atoms. The summed E-state index contributed by atoms with van der Waals surface area (Å²) in [6.07, 6.45) is 0.183. The van der Waals surface area contributed by atoms with Gasteiger partial charge in [-0.15, -0.1) is 0 Å². The summed E-state index contributed by atoms with van der Waals surface area (Å²) < 4.78 is 38.4. The lowest BCUT2D eigenvalue weighted by Gasteiger charge is -2.10. The molecule has 2 heterocycles. The van der Waals surface area contributed by atoms with Crippen LogP contribution in [0, 0.1) is 0 Å². The van der Waals surface area contributed by atoms with Crippen molar-refractivity contribution in [1.82, 2.24) is 19.6 Å². The minimum absolute atomic E-state index is 0.317. The van der Waals surface area contributed by atoms with E-state index < -0.39 is 24.7 Å². The standard InChI is InChI=1S/C20H19F3N6O2/c1-28(2)12-26-18(30)14-6-7-29-16(10-24-17(29)9-14)13-4-3-5-15(8-13)27-19(31)25-11-20(21,22)23/h3-10,12H,11H2,1-2H3,(H2,25,27,31). The number of imidazole rings is 1. The number of urea groups is 1. The van der Waals surface area contributed by atoms with Gasteiger partial charge in [0.2, 0.25) is 0 Å². The SMILES string of the molecule is CN(C)C=NC(=O)c1ccn2c(-c3cccc(NC(=O)NCC(F)(F)F)c3)cnc2c1. The van der Waals surface area contributed by atoms with Crippen molar-refractivity contribution in [2.45, 2.75) is 6.18 Å². The molecular formula is C20H19F3N6O2. The number of nitrogens with zero attached hydrogens (tertiary/aromatic N) is 4. The van der Waals surface area contributed by atoms with E-state index in [1.165, 1.54) is 6.34 Å². The highest BCUT2D eigenvalue weighted by molar-refractivity contribution is 5.99. The molecular weight excluding hydrogens is 413 g/mol. The fraction of sp³-hybridized carbons (Fsp3) is 0.200. The van der Waals surface area contributed by atoms with Crippen molar-refractivity contribution in [3.8, 4) is 11.3 Å². The van der Waals surface area contributed by atoms with Gasteiger partial charge in [-0.25, -0.2) is 9.78 Å². The zero-order chi connectivity index (χ0) is 22.6. The molecule has 0 bridgehead atoms. The van der Waals surface area contributed by atoms with Crippen LogP contribution in [-0.2, 0) is 0 Å². The highest BCUT2D eigenvalue weighted by atomic mass is 19.4. The van der Waals surface area contributed by atoms with Crippen LogP contribution in [0.15, 0.2) is 53.8 Å². The average Bonchev–Trinajstić information content (AvgIpc) is 3.13. The van der Waals surface area contributed by atoms with E-state index in [0.29, 0.717) is 28.2 Å². The second kappa shape index (κ2) is 8.86. The van der Waals surface area contributed by atoms with Crippen LogP contribution in [0.1, 0.15) is 10.4 Å². The largest absolute Gasteiger partial charge is 0.405 e. The first-order valence-corrected chi connectivity index (χ1v) is 9.06. The summed E-state index contributed by atoms with van der Waals surface area (Å²) in [6, 6.07) is 8.83. The minimum atomic E-state index is -4.49. The van der Waals surface area contributed by atoms with Crippen LogP contribution in [0.4, 0.5) is 23.7 Å². The first kappa shape index (κ1) is 21.8. The van der Waals surface area contributed by atoms with Crippen LogP contribution in [-0.4, -0.2) is 59.4 Å². The van der Waals surface area contributed by atoms with E-state index in [-0.39, 0.29) is 0 Å². The third kappa shape index (κ3) is 5.81. The van der Waals surface area contributed by atoms with Gasteiger partial charge in [0.15, 0.2) is 0 Å². The number of fused-ring (bicyclic) bond motifs is 1. The first-order chi connectivity index (χ1) is 14.6. The Bertz CT molecular complexity index is 1140. The van der Waals surface area contributed by atoms with Crippen molar-refractivity contribution < 1.29 is 22.8 Å². The van der Waals surface area contributed by atoms with Gasteiger partial charge >= 0.3 is 12.2 Å². The van der Waals surface area contributed by atoms with E-state index in [1.807, 2.05) is 0 Å². The lowest BCUT2D eigenvalue weighted by atomic mass is 10.1. The number of aliphatic imine (C=N–C) groups is 1. The second-order valence-corrected chi connectivity index (χ2v) is 6.80. The third-order valence-corrected chi connectivity index (χ3v) is 4.03. The van der Waals surface area contributed by atoms with Crippen LogP contribution in [0.25, 0.3) is 16.9 Å². The van der Waals surface area contributed by atoms with E-state index in [9.17, 15) is 22.8 Å². The smallest absolute Gasteiger partial charge is 0.369 e. The Labute approximate surface area is 175 Å². The molecule has 3 amide bonds. The number of carbonyl (C=O) groups excluding carboxylic acids is 2. The maximum Gasteiger partial charge on any atom is 0.405 e. The highest BCUT2D eigenvalue weighted by Gasteiger charge is 2.27. The number of rotatable bonds is 5. The lowest BCUT2D eigenvalue weighted by molar-refractivity contribution is -0.122. The van der Waals surface area contributed by atoms with E-state index in [4.69, 9.17) is 0 Å². The summed E-state index contributed by atoms with van der Waals surface area (Å²) in [5.74, 6) is -0.406. The van der Waals surface area contributed by atoms with Crippen molar-refractivity contribution in [2.24, 2.45) is 4.99 Å². The molecule has 3 aromatic rings. The molecule has 0 unspecified atom stereocenters. The number of pyridine rings is 1. The van der Waals surface area contributed by atoms with Gasteiger partial charge < -0.3 is 15.5 Å². The van der Waals surface area contributed by atoms with E-state index >= 15 is 0 Å². The first-order valence-electron chi connectivity index (χ1n) is 9.06. The molecule has 1 aromatic carbocycles. The Hall–Kier alpha value is -3.89. The van der Waals surface area contributed by atoms with Crippen molar-refractivity contribution in [3.05, 3.63) is 54.4 Å². The van der Waals surface area contributed by atoms with Crippen molar-refractivity contribution >= 4 is 29.6 Å². The molecule has 162 valence electrons.